The van der Waals surface area contributed by atoms with E-state index < -0.39 is 7.12 Å². The largest absolute Gasteiger partial charge is 0.496 e. The molecule has 6 aromatic rings. The molecule has 0 aromatic carbocycles. The Labute approximate surface area is 407 Å². The zero-order chi connectivity index (χ0) is 47.3. The minimum absolute atomic E-state index is 0.375. The van der Waals surface area contributed by atoms with Crippen LogP contribution in [0, 0.1) is 22.7 Å². The molecule has 11 heterocycles. The second kappa shape index (κ2) is 21.0. The summed E-state index contributed by atoms with van der Waals surface area (Å²) in [5, 5.41) is 17.9. The number of hydrogen-bond acceptors (Lipinski definition) is 16. The molecule has 0 spiro atoms. The maximum absolute atomic E-state index is 9.09. The molecule has 5 aliphatic rings. The number of piperidine rings is 4. The summed E-state index contributed by atoms with van der Waals surface area (Å²) < 4.78 is 24.6. The summed E-state index contributed by atoms with van der Waals surface area (Å²) in [4.78, 5) is 35.9. The number of aromatic nitrogens is 6. The standard InChI is InChI=1S/C22H24N6O.C16H21BrN4O.C12H15BN2O2/c23-12-16-10-17(14-24-13-16)18-11-20-21(25-15-18)26-22(29-20)28-8-4-19(5-9-28)27-6-2-1-3-7-27;17-12-10-14-15(18-11-12)19-16(22-14)21-8-4-13(5-9-21)20-6-2-1-3-7-20;1-11(2)12(3,4)17-13(16-11)10-5-9(6-14)7-15-8-10/h10-11,13-15,19H,1-9H2;10-11,13H,1-9H2;5,7-8H,1-4H3. The van der Waals surface area contributed by atoms with E-state index in [1.54, 1.807) is 43.1 Å². The smallest absolute Gasteiger partial charge is 0.422 e. The fourth-order valence-electron chi connectivity index (χ4n) is 9.72. The van der Waals surface area contributed by atoms with Crippen molar-refractivity contribution in [2.45, 2.75) is 115 Å². The van der Waals surface area contributed by atoms with E-state index in [-0.39, 0.29) is 11.2 Å². The Morgan fingerprint density at radius 1 is 0.574 bits per heavy atom. The number of pyridine rings is 4. The zero-order valence-corrected chi connectivity index (χ0v) is 41.2. The molecule has 6 aromatic heterocycles. The molecule has 0 amide bonds. The molecule has 5 fully saturated rings. The Balaban J connectivity index is 0.000000132. The van der Waals surface area contributed by atoms with E-state index in [1.807, 2.05) is 39.8 Å². The van der Waals surface area contributed by atoms with Gasteiger partial charge in [0.15, 0.2) is 11.2 Å². The minimum Gasteiger partial charge on any atom is -0.422 e. The van der Waals surface area contributed by atoms with Crippen LogP contribution in [0.5, 0.6) is 0 Å². The molecule has 11 rings (SSSR count). The van der Waals surface area contributed by atoms with Crippen LogP contribution in [-0.2, 0) is 9.31 Å². The number of fused-ring (bicyclic) bond motifs is 2. The number of likely N-dealkylation sites (tertiary alicyclic amines) is 2. The first kappa shape index (κ1) is 47.6. The molecule has 0 bridgehead atoms. The number of hydrogen-bond donors (Lipinski definition) is 0. The number of rotatable bonds is 6. The maximum Gasteiger partial charge on any atom is 0.496 e. The van der Waals surface area contributed by atoms with Gasteiger partial charge in [-0.3, -0.25) is 9.97 Å². The summed E-state index contributed by atoms with van der Waals surface area (Å²) >= 11 is 3.42. The lowest BCUT2D eigenvalue weighted by Gasteiger charge is -2.39. The number of anilines is 2. The first-order valence-electron chi connectivity index (χ1n) is 24.2. The lowest BCUT2D eigenvalue weighted by atomic mass is 9.80. The summed E-state index contributed by atoms with van der Waals surface area (Å²) in [7, 11) is -0.458. The molecule has 0 unspecified atom stereocenters. The fourth-order valence-corrected chi connectivity index (χ4v) is 10.0. The second-order valence-corrected chi connectivity index (χ2v) is 20.3. The van der Waals surface area contributed by atoms with Gasteiger partial charge in [-0.2, -0.15) is 20.5 Å². The Kier molecular flexibility index (Phi) is 14.7. The molecule has 0 atom stereocenters. The molecule has 18 heteroatoms. The third-order valence-electron chi connectivity index (χ3n) is 14.3. The Morgan fingerprint density at radius 2 is 1.04 bits per heavy atom. The highest BCUT2D eigenvalue weighted by Gasteiger charge is 2.52. The summed E-state index contributed by atoms with van der Waals surface area (Å²) in [5.74, 6) is 0. The van der Waals surface area contributed by atoms with Gasteiger partial charge in [0.2, 0.25) is 11.3 Å². The third-order valence-corrected chi connectivity index (χ3v) is 14.8. The lowest BCUT2D eigenvalue weighted by Crippen LogP contribution is -2.46. The highest BCUT2D eigenvalue weighted by atomic mass is 79.9. The summed E-state index contributed by atoms with van der Waals surface area (Å²) in [6, 6.07) is 14.4. The summed E-state index contributed by atoms with van der Waals surface area (Å²) in [6.07, 6.45) is 22.9. The van der Waals surface area contributed by atoms with Gasteiger partial charge in [0.25, 0.3) is 12.0 Å². The molecule has 0 saturated carbocycles. The molecular weight excluding hydrogens is 923 g/mol. The first-order chi connectivity index (χ1) is 32.9. The molecule has 0 aliphatic carbocycles. The molecule has 16 nitrogen and oxygen atoms in total. The summed E-state index contributed by atoms with van der Waals surface area (Å²) in [5.41, 5.74) is 5.51. The zero-order valence-electron chi connectivity index (χ0n) is 39.6. The predicted octanol–water partition coefficient (Wildman–Crippen LogP) is 8.30. The molecule has 354 valence electrons. The van der Waals surface area contributed by atoms with Crippen molar-refractivity contribution in [1.82, 2.24) is 39.7 Å². The van der Waals surface area contributed by atoms with Crippen LogP contribution in [0.2, 0.25) is 0 Å². The first-order valence-corrected chi connectivity index (χ1v) is 25.0. The van der Waals surface area contributed by atoms with Gasteiger partial charge in [0, 0.05) is 103 Å². The van der Waals surface area contributed by atoms with Crippen LogP contribution in [-0.4, -0.2) is 122 Å². The van der Waals surface area contributed by atoms with E-state index in [4.69, 9.17) is 28.7 Å². The van der Waals surface area contributed by atoms with E-state index in [2.05, 4.69) is 77.6 Å². The van der Waals surface area contributed by atoms with Gasteiger partial charge in [-0.25, -0.2) is 9.97 Å². The van der Waals surface area contributed by atoms with Crippen molar-refractivity contribution in [3.05, 3.63) is 77.0 Å². The van der Waals surface area contributed by atoms with E-state index >= 15 is 0 Å². The quantitative estimate of drug-likeness (QED) is 0.145. The van der Waals surface area contributed by atoms with Gasteiger partial charge in [-0.1, -0.05) is 12.8 Å². The van der Waals surface area contributed by atoms with Crippen molar-refractivity contribution < 1.29 is 18.1 Å². The third kappa shape index (κ3) is 11.0. The van der Waals surface area contributed by atoms with E-state index in [0.29, 0.717) is 40.1 Å². The number of halogens is 1. The van der Waals surface area contributed by atoms with Crippen LogP contribution in [0.15, 0.2) is 74.8 Å². The Bertz CT molecular complexity index is 2730. The average Bonchev–Trinajstić information content (AvgIpc) is 4.07. The van der Waals surface area contributed by atoms with Crippen LogP contribution in [0.4, 0.5) is 12.0 Å². The topological polar surface area (TPSA) is 183 Å². The highest BCUT2D eigenvalue weighted by Crippen LogP contribution is 2.37. The van der Waals surface area contributed by atoms with Crippen LogP contribution in [0.3, 0.4) is 0 Å². The molecule has 5 saturated heterocycles. The summed E-state index contributed by atoms with van der Waals surface area (Å²) in [6.45, 7) is 17.0. The van der Waals surface area contributed by atoms with Gasteiger partial charge in [-0.15, -0.1) is 0 Å². The van der Waals surface area contributed by atoms with Crippen molar-refractivity contribution in [3.8, 4) is 23.3 Å². The van der Waals surface area contributed by atoms with E-state index in [0.717, 1.165) is 77.7 Å². The number of oxazole rings is 2. The molecule has 0 radical (unpaired) electrons. The van der Waals surface area contributed by atoms with E-state index in [9.17, 15) is 0 Å². The van der Waals surface area contributed by atoms with Crippen molar-refractivity contribution >= 4 is 63.0 Å². The fraction of sp³-hybridized carbons (Fsp3) is 0.520. The number of nitriles is 2. The normalized spacial score (nSPS) is 20.3. The van der Waals surface area contributed by atoms with Gasteiger partial charge in [-0.05, 0) is 139 Å². The maximum atomic E-state index is 9.09. The monoisotopic (exact) mass is 982 g/mol. The minimum atomic E-state index is -0.458. The lowest BCUT2D eigenvalue weighted by molar-refractivity contribution is 0.00578. The second-order valence-electron chi connectivity index (χ2n) is 19.4. The average molecular weight is 984 g/mol. The van der Waals surface area contributed by atoms with Crippen LogP contribution < -0.4 is 15.3 Å². The Hall–Kier alpha value is -5.50. The van der Waals surface area contributed by atoms with Gasteiger partial charge in [0.1, 0.15) is 12.1 Å². The predicted molar refractivity (Wildman–Crippen MR) is 265 cm³/mol. The van der Waals surface area contributed by atoms with Gasteiger partial charge < -0.3 is 37.7 Å². The van der Waals surface area contributed by atoms with Crippen molar-refractivity contribution in [1.29, 1.82) is 10.5 Å². The van der Waals surface area contributed by atoms with Crippen molar-refractivity contribution in [3.63, 3.8) is 0 Å². The molecule has 68 heavy (non-hydrogen) atoms. The van der Waals surface area contributed by atoms with Crippen LogP contribution in [0.1, 0.15) is 103 Å². The van der Waals surface area contributed by atoms with Crippen molar-refractivity contribution in [2.24, 2.45) is 0 Å². The van der Waals surface area contributed by atoms with Gasteiger partial charge in [0.05, 0.1) is 22.3 Å². The number of nitrogens with zero attached hydrogens (tertiary/aromatic N) is 12. The van der Waals surface area contributed by atoms with Crippen LogP contribution >= 0.6 is 15.9 Å². The SMILES string of the molecule is Brc1cnc2nc(N3CCC(N4CCCCC4)CC3)oc2c1.CC1(C)OB(c2cncc(C#N)c2)OC1(C)C.N#Cc1cncc(-c2cnc3nc(N4CCC(N5CCCCC5)CC4)oc3c2)c1. The van der Waals surface area contributed by atoms with Gasteiger partial charge >= 0.3 is 7.12 Å². The Morgan fingerprint density at radius 3 is 1.57 bits per heavy atom. The van der Waals surface area contributed by atoms with Crippen LogP contribution in [0.25, 0.3) is 33.6 Å². The van der Waals surface area contributed by atoms with E-state index in [1.165, 1.54) is 83.7 Å². The molecule has 0 N–H and O–H groups in total. The molecule has 5 aliphatic heterocycles. The highest BCUT2D eigenvalue weighted by molar-refractivity contribution is 9.10. The molecular formula is C50H60BBrN12O4. The van der Waals surface area contributed by atoms with Crippen molar-refractivity contribution in [2.75, 3.05) is 62.2 Å².